The molecular weight excluding hydrogens is 316 g/mol. The van der Waals surface area contributed by atoms with Crippen LogP contribution in [0.15, 0.2) is 18.2 Å². The molecule has 1 aromatic carbocycles. The highest BCUT2D eigenvalue weighted by Crippen LogP contribution is 2.22. The number of ether oxygens (including phenoxy) is 3. The minimum atomic E-state index is -0.731. The van der Waals surface area contributed by atoms with Gasteiger partial charge in [-0.05, 0) is 25.0 Å². The second kappa shape index (κ2) is 10.2. The SMILES string of the molecule is COCCNC(=O)NC(=O)COC(=O)COc1c(C)cccc1C. The van der Waals surface area contributed by atoms with Gasteiger partial charge in [-0.25, -0.2) is 9.59 Å². The Hall–Kier alpha value is -2.61. The number of benzene rings is 1. The second-order valence-electron chi connectivity index (χ2n) is 4.97. The van der Waals surface area contributed by atoms with Crippen LogP contribution < -0.4 is 15.4 Å². The summed E-state index contributed by atoms with van der Waals surface area (Å²) in [5.74, 6) is -0.825. The molecule has 132 valence electrons. The highest BCUT2D eigenvalue weighted by Gasteiger charge is 2.12. The van der Waals surface area contributed by atoms with E-state index in [-0.39, 0.29) is 13.2 Å². The maximum atomic E-state index is 11.6. The molecule has 0 bridgehead atoms. The first-order chi connectivity index (χ1) is 11.4. The van der Waals surface area contributed by atoms with Crippen LogP contribution in [-0.4, -0.2) is 51.4 Å². The van der Waals surface area contributed by atoms with Crippen LogP contribution in [-0.2, 0) is 19.1 Å². The van der Waals surface area contributed by atoms with Gasteiger partial charge in [0.2, 0.25) is 0 Å². The van der Waals surface area contributed by atoms with Crippen LogP contribution in [0.3, 0.4) is 0 Å². The summed E-state index contributed by atoms with van der Waals surface area (Å²) in [6.07, 6.45) is 0. The van der Waals surface area contributed by atoms with Gasteiger partial charge in [-0.2, -0.15) is 0 Å². The first-order valence-electron chi connectivity index (χ1n) is 7.35. The van der Waals surface area contributed by atoms with Gasteiger partial charge in [-0.15, -0.1) is 0 Å². The fourth-order valence-electron chi connectivity index (χ4n) is 1.82. The Kier molecular flexibility index (Phi) is 8.28. The van der Waals surface area contributed by atoms with E-state index in [0.29, 0.717) is 12.4 Å². The van der Waals surface area contributed by atoms with Gasteiger partial charge >= 0.3 is 12.0 Å². The van der Waals surface area contributed by atoms with Gasteiger partial charge < -0.3 is 19.5 Å². The van der Waals surface area contributed by atoms with Crippen LogP contribution in [0, 0.1) is 13.8 Å². The molecule has 0 unspecified atom stereocenters. The fraction of sp³-hybridized carbons (Fsp3) is 0.438. The molecular formula is C16H22N2O6. The summed E-state index contributed by atoms with van der Waals surface area (Å²) in [6.45, 7) is 3.43. The summed E-state index contributed by atoms with van der Waals surface area (Å²) < 4.78 is 14.9. The van der Waals surface area contributed by atoms with Gasteiger partial charge in [0.1, 0.15) is 5.75 Å². The predicted molar refractivity (Wildman–Crippen MR) is 85.8 cm³/mol. The number of carbonyl (C=O) groups excluding carboxylic acids is 3. The highest BCUT2D eigenvalue weighted by atomic mass is 16.6. The van der Waals surface area contributed by atoms with Crippen LogP contribution in [0.1, 0.15) is 11.1 Å². The van der Waals surface area contributed by atoms with Crippen LogP contribution in [0.2, 0.25) is 0 Å². The minimum absolute atomic E-state index is 0.263. The molecule has 0 aliphatic carbocycles. The van der Waals surface area contributed by atoms with Gasteiger partial charge in [0, 0.05) is 13.7 Å². The number of urea groups is 1. The van der Waals surface area contributed by atoms with E-state index in [1.165, 1.54) is 7.11 Å². The number of esters is 1. The van der Waals surface area contributed by atoms with Crippen LogP contribution >= 0.6 is 0 Å². The van der Waals surface area contributed by atoms with E-state index in [1.54, 1.807) is 0 Å². The lowest BCUT2D eigenvalue weighted by molar-refractivity contribution is -0.150. The van der Waals surface area contributed by atoms with Crippen LogP contribution in [0.4, 0.5) is 4.79 Å². The molecule has 1 rings (SSSR count). The lowest BCUT2D eigenvalue weighted by atomic mass is 10.1. The Bertz CT molecular complexity index is 568. The quantitative estimate of drug-likeness (QED) is 0.534. The third-order valence-electron chi connectivity index (χ3n) is 2.95. The number of carbonyl (C=O) groups is 3. The maximum Gasteiger partial charge on any atom is 0.344 e. The number of nitrogens with one attached hydrogen (secondary N) is 2. The molecule has 0 aromatic heterocycles. The van der Waals surface area contributed by atoms with Gasteiger partial charge in [-0.1, -0.05) is 18.2 Å². The standard InChI is InChI=1S/C16H22N2O6/c1-11-5-4-6-12(2)15(11)24-10-14(20)23-9-13(19)18-16(21)17-7-8-22-3/h4-6H,7-10H2,1-3H3,(H2,17,18,19,21). The number of imide groups is 1. The fourth-order valence-corrected chi connectivity index (χ4v) is 1.82. The number of para-hydroxylation sites is 1. The van der Waals surface area contributed by atoms with Crippen molar-refractivity contribution < 1.29 is 28.6 Å². The smallest absolute Gasteiger partial charge is 0.344 e. The Morgan fingerprint density at radius 3 is 2.38 bits per heavy atom. The van der Waals surface area contributed by atoms with Crippen molar-refractivity contribution in [1.82, 2.24) is 10.6 Å². The summed E-state index contributed by atoms with van der Waals surface area (Å²) in [7, 11) is 1.49. The molecule has 0 aliphatic rings. The number of amides is 3. The summed E-state index contributed by atoms with van der Waals surface area (Å²) >= 11 is 0. The first kappa shape index (κ1) is 19.4. The summed E-state index contributed by atoms with van der Waals surface area (Å²) in [4.78, 5) is 34.3. The molecule has 0 saturated carbocycles. The number of rotatable bonds is 8. The van der Waals surface area contributed by atoms with Crippen LogP contribution in [0.5, 0.6) is 5.75 Å². The third-order valence-corrected chi connectivity index (χ3v) is 2.95. The van der Waals surface area contributed by atoms with E-state index >= 15 is 0 Å². The molecule has 0 radical (unpaired) electrons. The molecule has 1 aromatic rings. The van der Waals surface area contributed by atoms with Crippen molar-refractivity contribution in [3.05, 3.63) is 29.3 Å². The van der Waals surface area contributed by atoms with Crippen molar-refractivity contribution in [2.75, 3.05) is 33.5 Å². The van der Waals surface area contributed by atoms with E-state index in [0.717, 1.165) is 11.1 Å². The molecule has 0 spiro atoms. The van der Waals surface area contributed by atoms with Crippen molar-refractivity contribution >= 4 is 17.9 Å². The lowest BCUT2D eigenvalue weighted by Gasteiger charge is -2.11. The average Bonchev–Trinajstić information content (AvgIpc) is 2.52. The van der Waals surface area contributed by atoms with Crippen molar-refractivity contribution in [3.63, 3.8) is 0 Å². The van der Waals surface area contributed by atoms with E-state index < -0.39 is 24.5 Å². The minimum Gasteiger partial charge on any atom is -0.481 e. The average molecular weight is 338 g/mol. The molecule has 2 N–H and O–H groups in total. The number of methoxy groups -OCH3 is 1. The van der Waals surface area contributed by atoms with Gasteiger partial charge in [0.05, 0.1) is 6.61 Å². The third kappa shape index (κ3) is 7.10. The Morgan fingerprint density at radius 2 is 1.75 bits per heavy atom. The Balaban J connectivity index is 2.28. The lowest BCUT2D eigenvalue weighted by Crippen LogP contribution is -2.42. The zero-order valence-corrected chi connectivity index (χ0v) is 14.0. The number of hydrogen-bond acceptors (Lipinski definition) is 6. The normalized spacial score (nSPS) is 9.96. The monoisotopic (exact) mass is 338 g/mol. The van der Waals surface area contributed by atoms with Crippen molar-refractivity contribution in [2.45, 2.75) is 13.8 Å². The predicted octanol–water partition coefficient (Wildman–Crippen LogP) is 0.698. The summed E-state index contributed by atoms with van der Waals surface area (Å²) in [5, 5.41) is 4.42. The molecule has 8 heteroatoms. The topological polar surface area (TPSA) is 103 Å². The maximum absolute atomic E-state index is 11.6. The molecule has 0 aliphatic heterocycles. The van der Waals surface area contributed by atoms with Gasteiger partial charge in [0.25, 0.3) is 5.91 Å². The Labute approximate surface area is 140 Å². The van der Waals surface area contributed by atoms with E-state index in [2.05, 4.69) is 5.32 Å². The molecule has 24 heavy (non-hydrogen) atoms. The van der Waals surface area contributed by atoms with Gasteiger partial charge in [0.15, 0.2) is 13.2 Å². The van der Waals surface area contributed by atoms with Crippen molar-refractivity contribution in [2.24, 2.45) is 0 Å². The van der Waals surface area contributed by atoms with Crippen molar-refractivity contribution in [3.8, 4) is 5.75 Å². The summed E-state index contributed by atoms with van der Waals surface area (Å²) in [5.41, 5.74) is 1.79. The van der Waals surface area contributed by atoms with E-state index in [1.807, 2.05) is 37.4 Å². The van der Waals surface area contributed by atoms with Crippen molar-refractivity contribution in [1.29, 1.82) is 0 Å². The first-order valence-corrected chi connectivity index (χ1v) is 7.35. The van der Waals surface area contributed by atoms with Gasteiger partial charge in [-0.3, -0.25) is 10.1 Å². The summed E-state index contributed by atoms with van der Waals surface area (Å²) in [6, 6.07) is 4.93. The zero-order valence-electron chi connectivity index (χ0n) is 14.0. The molecule has 0 heterocycles. The molecule has 0 atom stereocenters. The molecule has 0 saturated heterocycles. The second-order valence-corrected chi connectivity index (χ2v) is 4.97. The molecule has 8 nitrogen and oxygen atoms in total. The highest BCUT2D eigenvalue weighted by molar-refractivity contribution is 5.95. The largest absolute Gasteiger partial charge is 0.481 e. The van der Waals surface area contributed by atoms with Crippen LogP contribution in [0.25, 0.3) is 0 Å². The number of aryl methyl sites for hydroxylation is 2. The number of hydrogen-bond donors (Lipinski definition) is 2. The molecule has 3 amide bonds. The zero-order chi connectivity index (χ0) is 17.9. The molecule has 0 fully saturated rings. The van der Waals surface area contributed by atoms with E-state index in [4.69, 9.17) is 14.2 Å². The Morgan fingerprint density at radius 1 is 1.08 bits per heavy atom. The van der Waals surface area contributed by atoms with E-state index in [9.17, 15) is 14.4 Å².